The molecule has 1 nitrogen and oxygen atoms in total. The molecule has 2 aromatic rings. The van der Waals surface area contributed by atoms with Crippen molar-refractivity contribution in [3.8, 4) is 0 Å². The van der Waals surface area contributed by atoms with Gasteiger partial charge >= 0.3 is 0 Å². The van der Waals surface area contributed by atoms with Crippen molar-refractivity contribution in [3.63, 3.8) is 0 Å². The summed E-state index contributed by atoms with van der Waals surface area (Å²) in [5.41, 5.74) is 1.36. The highest BCUT2D eigenvalue weighted by Crippen LogP contribution is 2.30. The van der Waals surface area contributed by atoms with Crippen LogP contribution < -0.4 is 5.32 Å². The number of nitrogens with one attached hydrogen (secondary N) is 1. The molecular weight excluding hydrogens is 282 g/mol. The van der Waals surface area contributed by atoms with Crippen LogP contribution in [0.25, 0.3) is 0 Å². The lowest BCUT2D eigenvalue weighted by Gasteiger charge is -2.18. The van der Waals surface area contributed by atoms with Gasteiger partial charge in [0.25, 0.3) is 0 Å². The van der Waals surface area contributed by atoms with Gasteiger partial charge in [-0.2, -0.15) is 0 Å². The number of benzene rings is 1. The lowest BCUT2D eigenvalue weighted by atomic mass is 10.0. The van der Waals surface area contributed by atoms with Gasteiger partial charge in [0.2, 0.25) is 0 Å². The van der Waals surface area contributed by atoms with Crippen molar-refractivity contribution in [3.05, 3.63) is 51.2 Å². The minimum absolute atomic E-state index is 0.336. The monoisotopic (exact) mass is 297 g/mol. The Morgan fingerprint density at radius 3 is 2.67 bits per heavy atom. The van der Waals surface area contributed by atoms with Crippen molar-refractivity contribution in [1.82, 2.24) is 5.32 Å². The Kier molecular flexibility index (Phi) is 5.13. The van der Waals surface area contributed by atoms with E-state index in [4.69, 9.17) is 11.6 Å². The standard InChI is InChI=1S/C14H16ClNS2/c1-16-12(9-10-7-8-14(15)18-10)11-5-3-4-6-13(11)17-2/h3-8,12,16H,9H2,1-2H3. The maximum Gasteiger partial charge on any atom is 0.0931 e. The molecular formula is C14H16ClNS2. The number of halogens is 1. The van der Waals surface area contributed by atoms with Crippen molar-refractivity contribution in [2.75, 3.05) is 13.3 Å². The molecule has 0 aliphatic carbocycles. The molecule has 1 aromatic heterocycles. The van der Waals surface area contributed by atoms with Gasteiger partial charge in [0.05, 0.1) is 4.34 Å². The highest BCUT2D eigenvalue weighted by atomic mass is 35.5. The van der Waals surface area contributed by atoms with E-state index in [0.29, 0.717) is 6.04 Å². The number of thiophene rings is 1. The molecule has 1 N–H and O–H groups in total. The van der Waals surface area contributed by atoms with E-state index in [9.17, 15) is 0 Å². The number of hydrogen-bond donors (Lipinski definition) is 1. The zero-order chi connectivity index (χ0) is 13.0. The zero-order valence-electron chi connectivity index (χ0n) is 10.4. The van der Waals surface area contributed by atoms with Crippen LogP contribution >= 0.6 is 34.7 Å². The second-order valence-electron chi connectivity index (χ2n) is 3.99. The van der Waals surface area contributed by atoms with Gasteiger partial charge in [0.15, 0.2) is 0 Å². The summed E-state index contributed by atoms with van der Waals surface area (Å²) in [6.07, 6.45) is 3.10. The molecule has 2 rings (SSSR count). The molecule has 0 radical (unpaired) electrons. The third-order valence-electron chi connectivity index (χ3n) is 2.90. The number of rotatable bonds is 5. The SMILES string of the molecule is CNC(Cc1ccc(Cl)s1)c1ccccc1SC. The Bertz CT molecular complexity index is 510. The van der Waals surface area contributed by atoms with E-state index in [1.54, 1.807) is 23.1 Å². The number of thioether (sulfide) groups is 1. The fraction of sp³-hybridized carbons (Fsp3) is 0.286. The van der Waals surface area contributed by atoms with Crippen molar-refractivity contribution < 1.29 is 0 Å². The average Bonchev–Trinajstić information content (AvgIpc) is 2.81. The van der Waals surface area contributed by atoms with Crippen molar-refractivity contribution in [1.29, 1.82) is 0 Å². The summed E-state index contributed by atoms with van der Waals surface area (Å²) in [5, 5.41) is 3.40. The van der Waals surface area contributed by atoms with E-state index in [1.807, 2.05) is 13.1 Å². The van der Waals surface area contributed by atoms with Gasteiger partial charge in [-0.05, 0) is 37.1 Å². The molecule has 0 bridgehead atoms. The average molecular weight is 298 g/mol. The molecule has 1 unspecified atom stereocenters. The second kappa shape index (κ2) is 6.62. The molecule has 0 amide bonds. The summed E-state index contributed by atoms with van der Waals surface area (Å²) in [7, 11) is 2.01. The molecule has 1 aromatic carbocycles. The zero-order valence-corrected chi connectivity index (χ0v) is 12.8. The first-order valence-electron chi connectivity index (χ1n) is 5.79. The fourth-order valence-electron chi connectivity index (χ4n) is 1.98. The first kappa shape index (κ1) is 13.9. The molecule has 18 heavy (non-hydrogen) atoms. The number of hydrogen-bond acceptors (Lipinski definition) is 3. The summed E-state index contributed by atoms with van der Waals surface area (Å²) in [5.74, 6) is 0. The van der Waals surface area contributed by atoms with Crippen molar-refractivity contribution >= 4 is 34.7 Å². The molecule has 4 heteroatoms. The lowest BCUT2D eigenvalue weighted by molar-refractivity contribution is 0.587. The summed E-state index contributed by atoms with van der Waals surface area (Å²) in [6.45, 7) is 0. The fourth-order valence-corrected chi connectivity index (χ4v) is 3.78. The molecule has 0 saturated carbocycles. The van der Waals surface area contributed by atoms with E-state index < -0.39 is 0 Å². The molecule has 1 atom stereocenters. The molecule has 0 spiro atoms. The maximum absolute atomic E-state index is 5.99. The van der Waals surface area contributed by atoms with Gasteiger partial charge in [0.1, 0.15) is 0 Å². The first-order chi connectivity index (χ1) is 8.74. The van der Waals surface area contributed by atoms with Crippen LogP contribution in [0.15, 0.2) is 41.3 Å². The number of likely N-dealkylation sites (N-methyl/N-ethyl adjacent to an activating group) is 1. The van der Waals surface area contributed by atoms with Crippen molar-refractivity contribution in [2.24, 2.45) is 0 Å². The highest BCUT2D eigenvalue weighted by Gasteiger charge is 2.14. The van der Waals surface area contributed by atoms with Gasteiger partial charge in [-0.15, -0.1) is 23.1 Å². The Labute approximate surface area is 122 Å². The van der Waals surface area contributed by atoms with Crippen LogP contribution in [-0.4, -0.2) is 13.3 Å². The summed E-state index contributed by atoms with van der Waals surface area (Å²) in [4.78, 5) is 2.65. The quantitative estimate of drug-likeness (QED) is 0.808. The lowest BCUT2D eigenvalue weighted by Crippen LogP contribution is -2.19. The van der Waals surface area contributed by atoms with Crippen LogP contribution in [-0.2, 0) is 6.42 Å². The van der Waals surface area contributed by atoms with E-state index >= 15 is 0 Å². The van der Waals surface area contributed by atoms with Gasteiger partial charge in [-0.3, -0.25) is 0 Å². The van der Waals surface area contributed by atoms with Crippen LogP contribution in [0.4, 0.5) is 0 Å². The van der Waals surface area contributed by atoms with Gasteiger partial charge in [-0.25, -0.2) is 0 Å². The van der Waals surface area contributed by atoms with Crippen LogP contribution in [0.1, 0.15) is 16.5 Å². The Hall–Kier alpha value is -0.480. The molecule has 1 heterocycles. The van der Waals surface area contributed by atoms with Gasteiger partial charge < -0.3 is 5.32 Å². The maximum atomic E-state index is 5.99. The summed E-state index contributed by atoms with van der Waals surface area (Å²) < 4.78 is 0.859. The van der Waals surface area contributed by atoms with Crippen LogP contribution in [0.2, 0.25) is 4.34 Å². The summed E-state index contributed by atoms with van der Waals surface area (Å²) >= 11 is 9.44. The van der Waals surface area contributed by atoms with E-state index in [2.05, 4.69) is 41.9 Å². The first-order valence-corrected chi connectivity index (χ1v) is 8.21. The Morgan fingerprint density at radius 2 is 2.06 bits per heavy atom. The van der Waals surface area contributed by atoms with Gasteiger partial charge in [-0.1, -0.05) is 29.8 Å². The molecule has 0 saturated heterocycles. The van der Waals surface area contributed by atoms with E-state index in [1.165, 1.54) is 15.3 Å². The predicted octanol–water partition coefficient (Wildman–Crippen LogP) is 4.63. The topological polar surface area (TPSA) is 12.0 Å². The van der Waals surface area contributed by atoms with Gasteiger partial charge in [0, 0.05) is 22.2 Å². The minimum Gasteiger partial charge on any atom is -0.313 e. The van der Waals surface area contributed by atoms with Crippen LogP contribution in [0.5, 0.6) is 0 Å². The third-order valence-corrected chi connectivity index (χ3v) is 4.96. The normalized spacial score (nSPS) is 12.6. The highest BCUT2D eigenvalue weighted by molar-refractivity contribution is 7.98. The minimum atomic E-state index is 0.336. The molecule has 0 aliphatic rings. The predicted molar refractivity (Wildman–Crippen MR) is 83.1 cm³/mol. The van der Waals surface area contributed by atoms with Crippen molar-refractivity contribution in [2.45, 2.75) is 17.4 Å². The molecule has 96 valence electrons. The molecule has 0 aliphatic heterocycles. The Morgan fingerprint density at radius 1 is 1.28 bits per heavy atom. The Balaban J connectivity index is 2.22. The van der Waals surface area contributed by atoms with Crippen LogP contribution in [0, 0.1) is 0 Å². The largest absolute Gasteiger partial charge is 0.313 e. The second-order valence-corrected chi connectivity index (χ2v) is 6.64. The van der Waals surface area contributed by atoms with E-state index in [0.717, 1.165) is 10.8 Å². The van der Waals surface area contributed by atoms with Crippen LogP contribution in [0.3, 0.4) is 0 Å². The smallest absolute Gasteiger partial charge is 0.0931 e. The third kappa shape index (κ3) is 3.29. The molecule has 0 fully saturated rings. The summed E-state index contributed by atoms with van der Waals surface area (Å²) in [6, 6.07) is 13.0. The van der Waals surface area contributed by atoms with E-state index in [-0.39, 0.29) is 0 Å².